The van der Waals surface area contributed by atoms with Crippen molar-refractivity contribution < 1.29 is 0 Å². The molecule has 0 aliphatic heterocycles. The molecule has 0 spiro atoms. The summed E-state index contributed by atoms with van der Waals surface area (Å²) in [4.78, 5) is 0. The van der Waals surface area contributed by atoms with Crippen molar-refractivity contribution in [2.75, 3.05) is 19.0 Å². The van der Waals surface area contributed by atoms with Crippen molar-refractivity contribution in [3.63, 3.8) is 0 Å². The minimum atomic E-state index is 0.637. The summed E-state index contributed by atoms with van der Waals surface area (Å²) in [5.41, 5.74) is 0.885. The molecule has 2 nitrogen and oxygen atoms in total. The highest BCUT2D eigenvalue weighted by Gasteiger charge is 1.98. The minimum Gasteiger partial charge on any atom is -0.371 e. The standard InChI is InChI=1S/C8H10Cl2N2/c1-11-5-12-8-3-2-6(9)4-7(8)10/h2-4,11-12H,5H2,1H3. The molecule has 0 atom stereocenters. The van der Waals surface area contributed by atoms with Crippen molar-refractivity contribution in [1.82, 2.24) is 5.32 Å². The second-order valence-corrected chi connectivity index (χ2v) is 3.17. The molecule has 1 aromatic carbocycles. The first kappa shape index (κ1) is 9.65. The second-order valence-electron chi connectivity index (χ2n) is 2.33. The van der Waals surface area contributed by atoms with Crippen molar-refractivity contribution in [2.24, 2.45) is 0 Å². The van der Waals surface area contributed by atoms with Gasteiger partial charge in [-0.25, -0.2) is 0 Å². The van der Waals surface area contributed by atoms with Crippen LogP contribution in [-0.4, -0.2) is 13.7 Å². The van der Waals surface area contributed by atoms with Crippen molar-refractivity contribution in [2.45, 2.75) is 0 Å². The summed E-state index contributed by atoms with van der Waals surface area (Å²) in [7, 11) is 1.86. The molecule has 1 rings (SSSR count). The lowest BCUT2D eigenvalue weighted by Gasteiger charge is -2.06. The van der Waals surface area contributed by atoms with Crippen LogP contribution in [0.15, 0.2) is 18.2 Å². The van der Waals surface area contributed by atoms with Crippen LogP contribution in [0.1, 0.15) is 0 Å². The van der Waals surface area contributed by atoms with E-state index >= 15 is 0 Å². The molecule has 0 aromatic heterocycles. The van der Waals surface area contributed by atoms with Crippen LogP contribution in [0.25, 0.3) is 0 Å². The zero-order chi connectivity index (χ0) is 8.97. The number of anilines is 1. The van der Waals surface area contributed by atoms with Crippen molar-refractivity contribution >= 4 is 28.9 Å². The van der Waals surface area contributed by atoms with E-state index in [4.69, 9.17) is 23.2 Å². The summed E-state index contributed by atoms with van der Waals surface area (Å²) < 4.78 is 0. The van der Waals surface area contributed by atoms with Gasteiger partial charge in [0.15, 0.2) is 0 Å². The van der Waals surface area contributed by atoms with Gasteiger partial charge in [-0.15, -0.1) is 0 Å². The predicted octanol–water partition coefficient (Wildman–Crippen LogP) is 2.58. The van der Waals surface area contributed by atoms with Crippen LogP contribution in [0.3, 0.4) is 0 Å². The van der Waals surface area contributed by atoms with Crippen LogP contribution in [0.2, 0.25) is 10.0 Å². The Morgan fingerprint density at radius 3 is 2.67 bits per heavy atom. The van der Waals surface area contributed by atoms with Gasteiger partial charge >= 0.3 is 0 Å². The van der Waals surface area contributed by atoms with E-state index in [1.807, 2.05) is 13.1 Å². The topological polar surface area (TPSA) is 24.1 Å². The van der Waals surface area contributed by atoms with E-state index in [2.05, 4.69) is 10.6 Å². The Bertz CT molecular complexity index is 263. The van der Waals surface area contributed by atoms with Crippen molar-refractivity contribution in [3.05, 3.63) is 28.2 Å². The first-order valence-corrected chi connectivity index (χ1v) is 4.33. The normalized spacial score (nSPS) is 9.92. The summed E-state index contributed by atoms with van der Waals surface area (Å²) in [6.07, 6.45) is 0. The minimum absolute atomic E-state index is 0.637. The molecule has 66 valence electrons. The Morgan fingerprint density at radius 2 is 2.08 bits per heavy atom. The van der Waals surface area contributed by atoms with Crippen molar-refractivity contribution in [3.8, 4) is 0 Å². The molecule has 0 saturated carbocycles. The molecule has 4 heteroatoms. The van der Waals surface area contributed by atoms with E-state index in [1.165, 1.54) is 0 Å². The van der Waals surface area contributed by atoms with Gasteiger partial charge in [0.2, 0.25) is 0 Å². The first-order chi connectivity index (χ1) is 5.74. The van der Waals surface area contributed by atoms with Crippen molar-refractivity contribution in [1.29, 1.82) is 0 Å². The molecule has 0 aliphatic rings. The number of rotatable bonds is 3. The summed E-state index contributed by atoms with van der Waals surface area (Å²) in [6.45, 7) is 0.682. The van der Waals surface area contributed by atoms with Gasteiger partial charge in [0, 0.05) is 5.02 Å². The van der Waals surface area contributed by atoms with Gasteiger partial charge in [0.05, 0.1) is 17.4 Å². The number of nitrogens with one attached hydrogen (secondary N) is 2. The molecular weight excluding hydrogens is 195 g/mol. The van der Waals surface area contributed by atoms with Crippen LogP contribution in [0.4, 0.5) is 5.69 Å². The molecule has 0 aliphatic carbocycles. The first-order valence-electron chi connectivity index (χ1n) is 3.57. The van der Waals surface area contributed by atoms with E-state index < -0.39 is 0 Å². The van der Waals surface area contributed by atoms with E-state index in [0.717, 1.165) is 5.69 Å². The lowest BCUT2D eigenvalue weighted by atomic mass is 10.3. The maximum Gasteiger partial charge on any atom is 0.0652 e. The quantitative estimate of drug-likeness (QED) is 0.741. The maximum absolute atomic E-state index is 5.89. The van der Waals surface area contributed by atoms with Gasteiger partial charge in [-0.05, 0) is 25.2 Å². The lowest BCUT2D eigenvalue weighted by molar-refractivity contribution is 0.874. The Kier molecular flexibility index (Phi) is 3.66. The van der Waals surface area contributed by atoms with Gasteiger partial charge in [0.1, 0.15) is 0 Å². The Balaban J connectivity index is 2.72. The number of halogens is 2. The molecule has 0 bridgehead atoms. The smallest absolute Gasteiger partial charge is 0.0652 e. The Labute approximate surface area is 81.9 Å². The molecule has 1 aromatic rings. The van der Waals surface area contributed by atoms with E-state index in [-0.39, 0.29) is 0 Å². The van der Waals surface area contributed by atoms with Crippen LogP contribution in [0, 0.1) is 0 Å². The maximum atomic E-state index is 5.89. The average Bonchev–Trinajstić information content (AvgIpc) is 2.03. The Hall–Kier alpha value is -0.440. The largest absolute Gasteiger partial charge is 0.371 e. The van der Waals surface area contributed by atoms with Gasteiger partial charge in [-0.1, -0.05) is 23.2 Å². The van der Waals surface area contributed by atoms with E-state index in [1.54, 1.807) is 12.1 Å². The van der Waals surface area contributed by atoms with Crippen LogP contribution >= 0.6 is 23.2 Å². The zero-order valence-corrected chi connectivity index (χ0v) is 8.21. The monoisotopic (exact) mass is 204 g/mol. The third kappa shape index (κ3) is 2.55. The van der Waals surface area contributed by atoms with E-state index in [0.29, 0.717) is 16.7 Å². The fraction of sp³-hybridized carbons (Fsp3) is 0.250. The van der Waals surface area contributed by atoms with Gasteiger partial charge in [-0.3, -0.25) is 0 Å². The number of hydrogen-bond donors (Lipinski definition) is 2. The summed E-state index contributed by atoms with van der Waals surface area (Å²) in [5.74, 6) is 0. The van der Waals surface area contributed by atoms with Gasteiger partial charge in [0.25, 0.3) is 0 Å². The number of hydrogen-bond acceptors (Lipinski definition) is 2. The highest BCUT2D eigenvalue weighted by Crippen LogP contribution is 2.24. The van der Waals surface area contributed by atoms with Crippen LogP contribution < -0.4 is 10.6 Å². The fourth-order valence-corrected chi connectivity index (χ4v) is 1.29. The zero-order valence-electron chi connectivity index (χ0n) is 6.70. The molecule has 0 unspecified atom stereocenters. The van der Waals surface area contributed by atoms with Crippen LogP contribution in [0.5, 0.6) is 0 Å². The van der Waals surface area contributed by atoms with Gasteiger partial charge in [-0.2, -0.15) is 0 Å². The molecule has 0 saturated heterocycles. The highest BCUT2D eigenvalue weighted by atomic mass is 35.5. The summed E-state index contributed by atoms with van der Waals surface area (Å²) in [5, 5.41) is 7.33. The third-order valence-corrected chi connectivity index (χ3v) is 1.93. The average molecular weight is 205 g/mol. The Morgan fingerprint density at radius 1 is 1.33 bits per heavy atom. The van der Waals surface area contributed by atoms with Gasteiger partial charge < -0.3 is 10.6 Å². The molecule has 12 heavy (non-hydrogen) atoms. The molecule has 0 amide bonds. The SMILES string of the molecule is CNCNc1ccc(Cl)cc1Cl. The van der Waals surface area contributed by atoms with E-state index in [9.17, 15) is 0 Å². The molecular formula is C8H10Cl2N2. The van der Waals surface area contributed by atoms with Crippen LogP contribution in [-0.2, 0) is 0 Å². The summed E-state index contributed by atoms with van der Waals surface area (Å²) in [6, 6.07) is 5.36. The molecule has 0 fully saturated rings. The fourth-order valence-electron chi connectivity index (χ4n) is 0.816. The lowest BCUT2D eigenvalue weighted by Crippen LogP contribution is -2.16. The molecule has 2 N–H and O–H groups in total. The summed E-state index contributed by atoms with van der Waals surface area (Å²) >= 11 is 11.6. The number of benzene rings is 1. The highest BCUT2D eigenvalue weighted by molar-refractivity contribution is 6.36. The predicted molar refractivity (Wildman–Crippen MR) is 54.0 cm³/mol. The molecule has 0 heterocycles. The second kappa shape index (κ2) is 4.55. The third-order valence-electron chi connectivity index (χ3n) is 1.39. The molecule has 0 radical (unpaired) electrons.